The Bertz CT molecular complexity index is 821. The van der Waals surface area contributed by atoms with Crippen LogP contribution in [-0.4, -0.2) is 33.8 Å². The average Bonchev–Trinajstić information content (AvgIpc) is 3.29. The van der Waals surface area contributed by atoms with Crippen LogP contribution in [0.1, 0.15) is 16.0 Å². The molecule has 8 heteroatoms. The molecule has 1 unspecified atom stereocenters. The van der Waals surface area contributed by atoms with Crippen molar-refractivity contribution in [1.29, 1.82) is 0 Å². The van der Waals surface area contributed by atoms with E-state index in [1.807, 2.05) is 29.6 Å². The van der Waals surface area contributed by atoms with Gasteiger partial charge in [0, 0.05) is 16.3 Å². The number of ether oxygens (including phenoxy) is 1. The van der Waals surface area contributed by atoms with Gasteiger partial charge in [-0.3, -0.25) is 0 Å². The highest BCUT2D eigenvalue weighted by Crippen LogP contribution is 2.29. The quantitative estimate of drug-likeness (QED) is 0.504. The normalized spacial score (nSPS) is 12.3. The van der Waals surface area contributed by atoms with Crippen molar-refractivity contribution >= 4 is 45.3 Å². The molecule has 0 aliphatic heterocycles. The summed E-state index contributed by atoms with van der Waals surface area (Å²) in [5.41, 5.74) is 3.48. The average molecular weight is 408 g/mol. The molecule has 5 nitrogen and oxygen atoms in total. The Morgan fingerprint density at radius 2 is 2.12 bits per heavy atom. The van der Waals surface area contributed by atoms with Crippen LogP contribution in [0, 0.1) is 13.8 Å². The van der Waals surface area contributed by atoms with Crippen LogP contribution in [0.15, 0.2) is 40.1 Å². The minimum absolute atomic E-state index is 0.317. The van der Waals surface area contributed by atoms with E-state index in [1.165, 1.54) is 34.2 Å². The monoisotopic (exact) mass is 407 g/mol. The number of benzene rings is 1. The minimum Gasteiger partial charge on any atom is -0.390 e. The largest absolute Gasteiger partial charge is 0.390 e. The summed E-state index contributed by atoms with van der Waals surface area (Å²) in [6, 6.07) is 10.2. The van der Waals surface area contributed by atoms with Crippen LogP contribution < -0.4 is 5.32 Å². The van der Waals surface area contributed by atoms with Crippen LogP contribution in [0.2, 0.25) is 0 Å². The van der Waals surface area contributed by atoms with E-state index >= 15 is 0 Å². The first-order chi connectivity index (χ1) is 12.6. The van der Waals surface area contributed by atoms with E-state index in [-0.39, 0.29) is 0 Å². The molecule has 1 atom stereocenters. The van der Waals surface area contributed by atoms with Crippen molar-refractivity contribution in [1.82, 2.24) is 10.2 Å². The summed E-state index contributed by atoms with van der Waals surface area (Å²) in [6.07, 6.45) is -0.528. The molecule has 26 heavy (non-hydrogen) atoms. The van der Waals surface area contributed by atoms with Crippen molar-refractivity contribution in [3.8, 4) is 0 Å². The van der Waals surface area contributed by atoms with Gasteiger partial charge >= 0.3 is 0 Å². The molecule has 0 fully saturated rings. The summed E-state index contributed by atoms with van der Waals surface area (Å²) in [5.74, 6) is 0.530. The van der Waals surface area contributed by atoms with Crippen LogP contribution in [0.3, 0.4) is 0 Å². The fourth-order valence-electron chi connectivity index (χ4n) is 2.23. The van der Waals surface area contributed by atoms with Gasteiger partial charge in [0.05, 0.1) is 19.3 Å². The summed E-state index contributed by atoms with van der Waals surface area (Å²) in [7, 11) is 0. The first-order valence-corrected chi connectivity index (χ1v) is 10.9. The Balaban J connectivity index is 1.43. The molecule has 0 aliphatic rings. The molecule has 0 aliphatic carbocycles. The number of hydrogen-bond acceptors (Lipinski definition) is 8. The van der Waals surface area contributed by atoms with Crippen molar-refractivity contribution < 1.29 is 9.84 Å². The Morgan fingerprint density at radius 3 is 2.92 bits per heavy atom. The number of anilines is 2. The van der Waals surface area contributed by atoms with Gasteiger partial charge in [0.2, 0.25) is 5.13 Å². The molecule has 0 amide bonds. The molecule has 2 heterocycles. The van der Waals surface area contributed by atoms with E-state index in [0.717, 1.165) is 20.0 Å². The zero-order valence-corrected chi connectivity index (χ0v) is 17.1. The highest BCUT2D eigenvalue weighted by Gasteiger charge is 2.11. The maximum absolute atomic E-state index is 10.0. The maximum atomic E-state index is 10.0. The lowest BCUT2D eigenvalue weighted by Crippen LogP contribution is -2.17. The number of nitrogens with one attached hydrogen (secondary N) is 1. The Hall–Kier alpha value is -1.45. The lowest BCUT2D eigenvalue weighted by atomic mass is 10.1. The zero-order valence-electron chi connectivity index (χ0n) is 14.6. The molecule has 1 aromatic carbocycles. The number of thiophene rings is 1. The third-order valence-electron chi connectivity index (χ3n) is 3.79. The van der Waals surface area contributed by atoms with Crippen LogP contribution in [0.5, 0.6) is 0 Å². The lowest BCUT2D eigenvalue weighted by Gasteiger charge is -2.09. The number of aryl methyl sites for hydroxylation is 1. The second-order valence-electron chi connectivity index (χ2n) is 5.80. The van der Waals surface area contributed by atoms with Gasteiger partial charge in [-0.1, -0.05) is 41.3 Å². The van der Waals surface area contributed by atoms with E-state index in [0.29, 0.717) is 19.0 Å². The predicted octanol–water partition coefficient (Wildman–Crippen LogP) is 4.63. The minimum atomic E-state index is -0.528. The lowest BCUT2D eigenvalue weighted by molar-refractivity contribution is 0.0409. The Kier molecular flexibility index (Phi) is 7.04. The van der Waals surface area contributed by atoms with Gasteiger partial charge in [0.25, 0.3) is 0 Å². The molecule has 2 N–H and O–H groups in total. The summed E-state index contributed by atoms with van der Waals surface area (Å²) >= 11 is 4.63. The predicted molar refractivity (Wildman–Crippen MR) is 110 cm³/mol. The van der Waals surface area contributed by atoms with E-state index in [2.05, 4.69) is 35.4 Å². The number of thioether (sulfide) groups is 1. The van der Waals surface area contributed by atoms with E-state index < -0.39 is 6.10 Å². The smallest absolute Gasteiger partial charge is 0.210 e. The van der Waals surface area contributed by atoms with Gasteiger partial charge in [-0.15, -0.1) is 21.5 Å². The van der Waals surface area contributed by atoms with E-state index in [1.54, 1.807) is 11.3 Å². The first kappa shape index (κ1) is 19.3. The van der Waals surface area contributed by atoms with Crippen LogP contribution in [0.4, 0.5) is 10.8 Å². The summed E-state index contributed by atoms with van der Waals surface area (Å²) in [5, 5.41) is 24.5. The van der Waals surface area contributed by atoms with Gasteiger partial charge in [-0.25, -0.2) is 0 Å². The molecule has 3 rings (SSSR count). The van der Waals surface area contributed by atoms with Crippen molar-refractivity contribution in [2.24, 2.45) is 0 Å². The molecular weight excluding hydrogens is 386 g/mol. The second kappa shape index (κ2) is 9.48. The maximum Gasteiger partial charge on any atom is 0.210 e. The molecule has 0 spiro atoms. The van der Waals surface area contributed by atoms with Crippen LogP contribution in [0.25, 0.3) is 0 Å². The number of aliphatic hydroxyl groups excluding tert-OH is 1. The Labute approximate surface area is 165 Å². The summed E-state index contributed by atoms with van der Waals surface area (Å²) in [6.45, 7) is 5.03. The standard InChI is InChI=1S/C18H21N3O2S3/c1-12-5-3-7-16(13(12)2)19-17-20-21-18(26-17)25-11-14(22)9-23-10-15-6-4-8-24-15/h3-8,14,22H,9-11H2,1-2H3,(H,19,20). The second-order valence-corrected chi connectivity index (χ2v) is 9.08. The van der Waals surface area contributed by atoms with Crippen molar-refractivity contribution in [2.75, 3.05) is 17.7 Å². The Morgan fingerprint density at radius 1 is 1.23 bits per heavy atom. The van der Waals surface area contributed by atoms with Crippen molar-refractivity contribution in [3.05, 3.63) is 51.7 Å². The van der Waals surface area contributed by atoms with Gasteiger partial charge in [-0.2, -0.15) is 0 Å². The third kappa shape index (κ3) is 5.52. The fraction of sp³-hybridized carbons (Fsp3) is 0.333. The molecule has 0 bridgehead atoms. The van der Waals surface area contributed by atoms with Crippen molar-refractivity contribution in [3.63, 3.8) is 0 Å². The molecule has 0 saturated carbocycles. The highest BCUT2D eigenvalue weighted by molar-refractivity contribution is 8.01. The van der Waals surface area contributed by atoms with Crippen molar-refractivity contribution in [2.45, 2.75) is 30.9 Å². The van der Waals surface area contributed by atoms with Gasteiger partial charge in [-0.05, 0) is 42.5 Å². The molecule has 2 aromatic heterocycles. The number of hydrogen-bond donors (Lipinski definition) is 2. The van der Waals surface area contributed by atoms with E-state index in [9.17, 15) is 5.11 Å². The summed E-state index contributed by atoms with van der Waals surface area (Å²) in [4.78, 5) is 1.16. The molecule has 0 saturated heterocycles. The molecule has 3 aromatic rings. The topological polar surface area (TPSA) is 67.3 Å². The summed E-state index contributed by atoms with van der Waals surface area (Å²) < 4.78 is 6.37. The zero-order chi connectivity index (χ0) is 18.4. The van der Waals surface area contributed by atoms with Gasteiger partial charge < -0.3 is 15.2 Å². The van der Waals surface area contributed by atoms with Gasteiger partial charge in [0.1, 0.15) is 0 Å². The number of nitrogens with zero attached hydrogens (tertiary/aromatic N) is 2. The number of aliphatic hydroxyl groups is 1. The highest BCUT2D eigenvalue weighted by atomic mass is 32.2. The van der Waals surface area contributed by atoms with E-state index in [4.69, 9.17) is 4.74 Å². The number of rotatable bonds is 9. The van der Waals surface area contributed by atoms with Crippen LogP contribution in [-0.2, 0) is 11.3 Å². The van der Waals surface area contributed by atoms with Gasteiger partial charge in [0.15, 0.2) is 4.34 Å². The molecule has 138 valence electrons. The third-order valence-corrected chi connectivity index (χ3v) is 6.75. The fourth-order valence-corrected chi connectivity index (χ4v) is 4.56. The van der Waals surface area contributed by atoms with Crippen LogP contribution >= 0.6 is 34.4 Å². The SMILES string of the molecule is Cc1cccc(Nc2nnc(SCC(O)COCc3cccs3)s2)c1C. The first-order valence-electron chi connectivity index (χ1n) is 8.19. The molecular formula is C18H21N3O2S3. The number of aromatic nitrogens is 2. The molecule has 0 radical (unpaired) electrons.